The van der Waals surface area contributed by atoms with E-state index in [1.54, 1.807) is 11.3 Å². The van der Waals surface area contributed by atoms with E-state index < -0.39 is 0 Å². The molecule has 7 aromatic heterocycles. The van der Waals surface area contributed by atoms with Crippen LogP contribution in [0.4, 0.5) is 0 Å². The number of aromatic nitrogens is 7. The van der Waals surface area contributed by atoms with Crippen LogP contribution in [0.2, 0.25) is 0 Å². The average Bonchev–Trinajstić information content (AvgIpc) is 4.10. The maximum absolute atomic E-state index is 5.49. The Morgan fingerprint density at radius 1 is 0.393 bits per heavy atom. The minimum Gasteiger partial charge on any atom is -0.354 e. The van der Waals surface area contributed by atoms with Crippen molar-refractivity contribution in [1.82, 2.24) is 34.9 Å². The molecule has 0 atom stereocenters. The highest BCUT2D eigenvalue weighted by Crippen LogP contribution is 2.41. The van der Waals surface area contributed by atoms with Gasteiger partial charge in [-0.1, -0.05) is 24.3 Å². The van der Waals surface area contributed by atoms with Crippen molar-refractivity contribution in [2.45, 2.75) is 0 Å². The lowest BCUT2D eigenvalue weighted by Crippen LogP contribution is -1.89. The van der Waals surface area contributed by atoms with Crippen molar-refractivity contribution in [2.24, 2.45) is 0 Å². The molecule has 0 spiro atoms. The molecule has 0 saturated heterocycles. The fourth-order valence-corrected chi connectivity index (χ4v) is 8.95. The molecule has 8 bridgehead atoms. The fourth-order valence-electron chi connectivity index (χ4n) is 7.79. The van der Waals surface area contributed by atoms with Crippen LogP contribution in [-0.4, -0.2) is 34.9 Å². The molecule has 2 aliphatic rings. The first-order valence-electron chi connectivity index (χ1n) is 18.3. The second-order valence-corrected chi connectivity index (χ2v) is 14.8. The normalized spacial score (nSPS) is 12.1. The zero-order valence-electron chi connectivity index (χ0n) is 29.8. The van der Waals surface area contributed by atoms with E-state index in [0.717, 1.165) is 110 Å². The molecule has 1 N–H and O–H groups in total. The number of rotatable bonds is 4. The smallest absolute Gasteiger partial charge is 0.0737 e. The first-order valence-corrected chi connectivity index (χ1v) is 19.1. The van der Waals surface area contributed by atoms with Gasteiger partial charge in [0, 0.05) is 90.6 Å². The molecular formula is C48H29N7S. The topological polar surface area (TPSA) is 93.1 Å². The summed E-state index contributed by atoms with van der Waals surface area (Å²) in [5.41, 5.74) is 15.5. The van der Waals surface area contributed by atoms with Crippen LogP contribution in [0.25, 0.3) is 111 Å². The predicted octanol–water partition coefficient (Wildman–Crippen LogP) is 11.9. The van der Waals surface area contributed by atoms with Gasteiger partial charge in [-0.25, -0.2) is 9.97 Å². The number of aromatic amines is 1. The predicted molar refractivity (Wildman–Crippen MR) is 230 cm³/mol. The Kier molecular flexibility index (Phi) is 7.53. The number of benzene rings is 2. The van der Waals surface area contributed by atoms with Gasteiger partial charge < -0.3 is 4.98 Å². The van der Waals surface area contributed by atoms with Crippen LogP contribution in [-0.2, 0) is 0 Å². The highest BCUT2D eigenvalue weighted by Gasteiger charge is 2.19. The van der Waals surface area contributed by atoms with Gasteiger partial charge in [0.25, 0.3) is 0 Å². The van der Waals surface area contributed by atoms with Crippen LogP contribution in [0.3, 0.4) is 0 Å². The zero-order chi connectivity index (χ0) is 37.0. The van der Waals surface area contributed by atoms with Gasteiger partial charge in [-0.05, 0) is 131 Å². The molecule has 9 heterocycles. The summed E-state index contributed by atoms with van der Waals surface area (Å²) in [5.74, 6) is 0. The number of fused-ring (bicyclic) bond motifs is 10. The van der Waals surface area contributed by atoms with Crippen molar-refractivity contribution in [3.8, 4) is 44.5 Å². The van der Waals surface area contributed by atoms with Crippen LogP contribution in [0.5, 0.6) is 0 Å². The Morgan fingerprint density at radius 3 is 1.38 bits per heavy atom. The maximum Gasteiger partial charge on any atom is 0.0737 e. The van der Waals surface area contributed by atoms with E-state index in [9.17, 15) is 0 Å². The van der Waals surface area contributed by atoms with E-state index in [4.69, 9.17) is 9.97 Å². The number of nitrogens with one attached hydrogen (secondary N) is 1. The summed E-state index contributed by atoms with van der Waals surface area (Å²) in [4.78, 5) is 32.6. The summed E-state index contributed by atoms with van der Waals surface area (Å²) in [5, 5.41) is 2.13. The van der Waals surface area contributed by atoms with Crippen LogP contribution in [0, 0.1) is 0 Å². The summed E-state index contributed by atoms with van der Waals surface area (Å²) >= 11 is 1.74. The summed E-state index contributed by atoms with van der Waals surface area (Å²) in [7, 11) is 0. The summed E-state index contributed by atoms with van der Waals surface area (Å²) in [6.45, 7) is 0. The molecule has 0 unspecified atom stereocenters. The molecule has 2 aliphatic heterocycles. The van der Waals surface area contributed by atoms with Gasteiger partial charge in [-0.2, -0.15) is 0 Å². The molecule has 8 heteroatoms. The molecule has 2 aromatic carbocycles. The minimum atomic E-state index is 0.860. The van der Waals surface area contributed by atoms with E-state index in [2.05, 4.69) is 134 Å². The van der Waals surface area contributed by atoms with Crippen LogP contribution < -0.4 is 0 Å². The molecule has 262 valence electrons. The third kappa shape index (κ3) is 5.51. The molecular weight excluding hydrogens is 707 g/mol. The van der Waals surface area contributed by atoms with Crippen molar-refractivity contribution >= 4 is 77.9 Å². The fraction of sp³-hybridized carbons (Fsp3) is 0. The van der Waals surface area contributed by atoms with E-state index in [1.165, 1.54) is 0 Å². The summed E-state index contributed by atoms with van der Waals surface area (Å²) in [6, 6.07) is 38.0. The van der Waals surface area contributed by atoms with E-state index in [-0.39, 0.29) is 0 Å². The van der Waals surface area contributed by atoms with Gasteiger partial charge in [-0.3, -0.25) is 19.9 Å². The molecule has 9 aromatic rings. The Labute approximate surface area is 325 Å². The number of pyridine rings is 4. The minimum absolute atomic E-state index is 0.860. The summed E-state index contributed by atoms with van der Waals surface area (Å²) in [6.07, 6.45) is 19.5. The van der Waals surface area contributed by atoms with Crippen molar-refractivity contribution in [3.05, 3.63) is 169 Å². The van der Waals surface area contributed by atoms with Gasteiger partial charge >= 0.3 is 0 Å². The largest absolute Gasteiger partial charge is 0.354 e. The Balaban J connectivity index is 1.31. The van der Waals surface area contributed by atoms with E-state index in [1.807, 2.05) is 61.4 Å². The van der Waals surface area contributed by atoms with Crippen LogP contribution in [0.1, 0.15) is 22.8 Å². The second kappa shape index (κ2) is 13.2. The van der Waals surface area contributed by atoms with Crippen molar-refractivity contribution in [2.75, 3.05) is 0 Å². The Bertz CT molecular complexity index is 3040. The SMILES string of the molecule is C1=Cc2nc1c(-c1ccncc1)c1ccc([nH]1)c(-c1ccc3ncccc3c1)c1nc(c(-c3ccc4ncccc4c3)c3ccc(s3)c2-c2ccncc2)C=C1. The summed E-state index contributed by atoms with van der Waals surface area (Å²) < 4.78 is 2.20. The number of thiophene rings is 1. The van der Waals surface area contributed by atoms with Crippen molar-refractivity contribution in [3.63, 3.8) is 0 Å². The first kappa shape index (κ1) is 32.0. The van der Waals surface area contributed by atoms with Crippen LogP contribution in [0.15, 0.2) is 146 Å². The average molecular weight is 736 g/mol. The highest BCUT2D eigenvalue weighted by atomic mass is 32.1. The lowest BCUT2D eigenvalue weighted by molar-refractivity contribution is 1.30. The number of hydrogen-bond donors (Lipinski definition) is 1. The van der Waals surface area contributed by atoms with Gasteiger partial charge in [0.1, 0.15) is 0 Å². The van der Waals surface area contributed by atoms with Gasteiger partial charge in [-0.15, -0.1) is 11.3 Å². The molecule has 11 rings (SSSR count). The molecule has 0 saturated carbocycles. The molecule has 0 aliphatic carbocycles. The third-order valence-electron chi connectivity index (χ3n) is 10.3. The molecule has 7 nitrogen and oxygen atoms in total. The molecule has 56 heavy (non-hydrogen) atoms. The quantitative estimate of drug-likeness (QED) is 0.193. The standard InChI is InChI=1S/C48H29N7S/c1-3-31-27-33(5-7-35(31)51-21-1)46-39-10-9-37(53-39)45(29-17-23-49-24-18-29)38-11-13-41(54-38)47(30-19-25-50-26-20-30)43-15-16-44(56-43)48(42-14-12-40(46)55-42)34-6-8-36-32(28-34)4-2-22-52-36/h1-28,53H. The molecule has 0 fully saturated rings. The molecule has 0 amide bonds. The van der Waals surface area contributed by atoms with Gasteiger partial charge in [0.05, 0.1) is 33.8 Å². The van der Waals surface area contributed by atoms with Crippen LogP contribution >= 0.6 is 11.3 Å². The maximum atomic E-state index is 5.49. The number of H-pyrrole nitrogens is 1. The third-order valence-corrected chi connectivity index (χ3v) is 11.5. The lowest BCUT2D eigenvalue weighted by atomic mass is 10.0. The molecule has 0 radical (unpaired) electrons. The monoisotopic (exact) mass is 735 g/mol. The number of nitrogens with zero attached hydrogens (tertiary/aromatic N) is 6. The van der Waals surface area contributed by atoms with Crippen molar-refractivity contribution in [1.29, 1.82) is 0 Å². The lowest BCUT2D eigenvalue weighted by Gasteiger charge is -2.07. The highest BCUT2D eigenvalue weighted by molar-refractivity contribution is 7.24. The Morgan fingerprint density at radius 2 is 0.839 bits per heavy atom. The van der Waals surface area contributed by atoms with Gasteiger partial charge in [0.15, 0.2) is 0 Å². The first-order chi connectivity index (χ1) is 27.7. The second-order valence-electron chi connectivity index (χ2n) is 13.7. The number of hydrogen-bond acceptors (Lipinski definition) is 7. The zero-order valence-corrected chi connectivity index (χ0v) is 30.6. The van der Waals surface area contributed by atoms with Crippen molar-refractivity contribution < 1.29 is 0 Å². The van der Waals surface area contributed by atoms with E-state index in [0.29, 0.717) is 0 Å². The van der Waals surface area contributed by atoms with E-state index >= 15 is 0 Å². The Hall–Kier alpha value is -7.42. The van der Waals surface area contributed by atoms with Gasteiger partial charge in [0.2, 0.25) is 0 Å².